The Kier molecular flexibility index (Phi) is 5.15. The molecule has 1 aliphatic heterocycles. The van der Waals surface area contributed by atoms with Crippen molar-refractivity contribution in [1.82, 2.24) is 4.98 Å². The molecule has 2 aromatic rings. The number of hydrogen-bond donors (Lipinski definition) is 0. The summed E-state index contributed by atoms with van der Waals surface area (Å²) in [5.74, 6) is 0. The number of thiazole rings is 1. The largest absolute Gasteiger partial charge is 0.378 e. The maximum atomic E-state index is 5.38. The zero-order valence-electron chi connectivity index (χ0n) is 11.6. The van der Waals surface area contributed by atoms with Crippen LogP contribution in [0.5, 0.6) is 0 Å². The van der Waals surface area contributed by atoms with E-state index in [2.05, 4.69) is 31.1 Å². The molecule has 0 aromatic carbocycles. The van der Waals surface area contributed by atoms with Crippen LogP contribution in [0.4, 0.5) is 5.13 Å². The molecule has 6 heteroatoms. The molecule has 1 radical (unpaired) electrons. The van der Waals surface area contributed by atoms with Crippen LogP contribution in [0.1, 0.15) is 15.3 Å². The van der Waals surface area contributed by atoms with E-state index in [0.29, 0.717) is 0 Å². The summed E-state index contributed by atoms with van der Waals surface area (Å²) >= 11 is 3.47. The van der Waals surface area contributed by atoms with Gasteiger partial charge in [0.1, 0.15) is 0 Å². The van der Waals surface area contributed by atoms with Gasteiger partial charge in [0.05, 0.1) is 13.2 Å². The van der Waals surface area contributed by atoms with Crippen molar-refractivity contribution in [3.8, 4) is 11.3 Å². The van der Waals surface area contributed by atoms with Crippen LogP contribution in [-0.2, 0) is 21.8 Å². The molecule has 3 nitrogen and oxygen atoms in total. The second kappa shape index (κ2) is 6.50. The van der Waals surface area contributed by atoms with E-state index in [4.69, 9.17) is 9.72 Å². The number of rotatable bonds is 2. The Hall–Kier alpha value is -0.521. The summed E-state index contributed by atoms with van der Waals surface area (Å²) in [6.45, 7) is 11.9. The molecule has 2 aromatic heterocycles. The summed E-state index contributed by atoms with van der Waals surface area (Å²) in [7, 11) is 0. The van der Waals surface area contributed by atoms with Gasteiger partial charge in [-0.15, -0.1) is 27.3 Å². The van der Waals surface area contributed by atoms with Crippen LogP contribution >= 0.6 is 22.7 Å². The summed E-state index contributed by atoms with van der Waals surface area (Å²) in [5, 5.41) is 3.24. The van der Waals surface area contributed by atoms with E-state index < -0.39 is 0 Å². The maximum absolute atomic E-state index is 5.38. The number of ether oxygens (including phenoxy) is 1. The minimum Gasteiger partial charge on any atom is -0.378 e. The van der Waals surface area contributed by atoms with Crippen LogP contribution < -0.4 is 4.90 Å². The van der Waals surface area contributed by atoms with Crippen molar-refractivity contribution in [2.24, 2.45) is 0 Å². The average molecular weight is 348 g/mol. The minimum atomic E-state index is 0. The van der Waals surface area contributed by atoms with Crippen LogP contribution in [0.2, 0.25) is 0 Å². The van der Waals surface area contributed by atoms with Crippen molar-refractivity contribution < 1.29 is 21.8 Å². The monoisotopic (exact) mass is 348 g/mol. The van der Waals surface area contributed by atoms with Crippen molar-refractivity contribution in [3.05, 3.63) is 27.6 Å². The normalized spacial score (nSPS) is 15.2. The molecule has 0 aliphatic carbocycles. The molecule has 20 heavy (non-hydrogen) atoms. The fourth-order valence-corrected chi connectivity index (χ4v) is 4.17. The maximum Gasteiger partial charge on any atom is 0.184 e. The third-order valence-electron chi connectivity index (χ3n) is 3.49. The molecular weight excluding hydrogens is 331 g/mol. The van der Waals surface area contributed by atoms with Crippen molar-refractivity contribution in [2.75, 3.05) is 31.2 Å². The predicted octanol–water partition coefficient (Wildman–Crippen LogP) is 3.50. The number of hydrogen-bond acceptors (Lipinski definition) is 5. The van der Waals surface area contributed by atoms with E-state index >= 15 is 0 Å². The number of morpholine rings is 1. The van der Waals surface area contributed by atoms with E-state index in [9.17, 15) is 0 Å². The molecule has 0 bridgehead atoms. The zero-order valence-corrected chi connectivity index (χ0v) is 14.4. The van der Waals surface area contributed by atoms with Gasteiger partial charge in [-0.25, -0.2) is 11.9 Å². The molecule has 0 amide bonds. The van der Waals surface area contributed by atoms with Gasteiger partial charge in [-0.1, -0.05) is 6.92 Å². The van der Waals surface area contributed by atoms with E-state index in [1.54, 1.807) is 22.7 Å². The molecule has 1 saturated heterocycles. The summed E-state index contributed by atoms with van der Waals surface area (Å²) in [5.41, 5.74) is 3.60. The molecule has 0 atom stereocenters. The fourth-order valence-electron chi connectivity index (χ4n) is 2.31. The minimum absolute atomic E-state index is 0. The molecule has 1 fully saturated rings. The van der Waals surface area contributed by atoms with Crippen molar-refractivity contribution in [3.63, 3.8) is 0 Å². The van der Waals surface area contributed by atoms with Gasteiger partial charge in [0.15, 0.2) is 5.13 Å². The SMILES string of the molecule is [CH2-]c1sc(C)c(C)c1-c1csc(N2CCOCC2)n1.[Mn]. The first-order chi connectivity index (χ1) is 9.16. The Labute approximate surface area is 138 Å². The number of nitrogens with zero attached hydrogens (tertiary/aromatic N) is 2. The van der Waals surface area contributed by atoms with Gasteiger partial charge in [0.25, 0.3) is 0 Å². The molecular formula is C14H17MnN2OS2-. The van der Waals surface area contributed by atoms with Gasteiger partial charge in [-0.05, 0) is 11.8 Å². The third-order valence-corrected chi connectivity index (χ3v) is 5.45. The van der Waals surface area contributed by atoms with E-state index in [1.165, 1.54) is 16.0 Å². The Morgan fingerprint density at radius 1 is 1.30 bits per heavy atom. The molecule has 109 valence electrons. The molecule has 0 spiro atoms. The summed E-state index contributed by atoms with van der Waals surface area (Å²) in [6.07, 6.45) is 0. The summed E-state index contributed by atoms with van der Waals surface area (Å²) in [6, 6.07) is 0. The zero-order chi connectivity index (χ0) is 13.4. The van der Waals surface area contributed by atoms with Crippen molar-refractivity contribution in [2.45, 2.75) is 13.8 Å². The molecule has 1 aliphatic rings. The fraction of sp³-hybridized carbons (Fsp3) is 0.429. The van der Waals surface area contributed by atoms with Gasteiger partial charge in [0, 0.05) is 41.2 Å². The Morgan fingerprint density at radius 3 is 2.60 bits per heavy atom. The number of anilines is 1. The van der Waals surface area contributed by atoms with Gasteiger partial charge < -0.3 is 9.64 Å². The van der Waals surface area contributed by atoms with Crippen LogP contribution in [0.3, 0.4) is 0 Å². The Bertz CT molecular complexity index is 588. The Morgan fingerprint density at radius 2 is 2.00 bits per heavy atom. The number of aromatic nitrogens is 1. The van der Waals surface area contributed by atoms with Crippen LogP contribution in [0.15, 0.2) is 5.38 Å². The Balaban J connectivity index is 0.00000147. The first kappa shape index (κ1) is 15.9. The predicted molar refractivity (Wildman–Crippen MR) is 82.4 cm³/mol. The standard InChI is InChI=1S/C14H17N2OS2.Mn/c1-9-10(2)19-11(3)13(9)12-8-18-14(15-12)16-4-6-17-7-5-16;/h8H,3-7H2,1-2H3;/q-1;. The molecule has 3 rings (SSSR count). The number of thiophene rings is 1. The van der Waals surface area contributed by atoms with Crippen LogP contribution in [0.25, 0.3) is 11.3 Å². The van der Waals surface area contributed by atoms with E-state index in [-0.39, 0.29) is 17.1 Å². The summed E-state index contributed by atoms with van der Waals surface area (Å²) < 4.78 is 5.38. The van der Waals surface area contributed by atoms with Gasteiger partial charge in [-0.3, -0.25) is 0 Å². The third kappa shape index (κ3) is 2.90. The topological polar surface area (TPSA) is 25.4 Å². The van der Waals surface area contributed by atoms with Crippen molar-refractivity contribution in [1.29, 1.82) is 0 Å². The van der Waals surface area contributed by atoms with E-state index in [0.717, 1.165) is 42.0 Å². The quantitative estimate of drug-likeness (QED) is 0.614. The van der Waals surface area contributed by atoms with Gasteiger partial charge in [-0.2, -0.15) is 11.3 Å². The summed E-state index contributed by atoms with van der Waals surface area (Å²) in [4.78, 5) is 9.55. The second-order valence-corrected chi connectivity index (χ2v) is 6.84. The van der Waals surface area contributed by atoms with Gasteiger partial charge in [0.2, 0.25) is 0 Å². The average Bonchev–Trinajstić information content (AvgIpc) is 2.97. The first-order valence-electron chi connectivity index (χ1n) is 6.37. The number of aryl methyl sites for hydroxylation is 1. The smallest absolute Gasteiger partial charge is 0.184 e. The van der Waals surface area contributed by atoms with E-state index in [1.807, 2.05) is 0 Å². The first-order valence-corrected chi connectivity index (χ1v) is 8.07. The molecule has 0 N–H and O–H groups in total. The van der Waals surface area contributed by atoms with Crippen LogP contribution in [0, 0.1) is 20.8 Å². The molecule has 3 heterocycles. The molecule has 0 unspecified atom stereocenters. The second-order valence-electron chi connectivity index (χ2n) is 4.70. The molecule has 0 saturated carbocycles. The van der Waals surface area contributed by atoms with Crippen molar-refractivity contribution >= 4 is 27.8 Å². The van der Waals surface area contributed by atoms with Crippen LogP contribution in [-0.4, -0.2) is 31.3 Å². The van der Waals surface area contributed by atoms with Gasteiger partial charge >= 0.3 is 0 Å².